The van der Waals surface area contributed by atoms with Crippen molar-refractivity contribution in [2.24, 2.45) is 0 Å². The minimum absolute atomic E-state index is 0.128. The van der Waals surface area contributed by atoms with E-state index in [1.165, 1.54) is 25.1 Å². The van der Waals surface area contributed by atoms with Gasteiger partial charge < -0.3 is 10.4 Å². The lowest BCUT2D eigenvalue weighted by Gasteiger charge is -2.06. The fourth-order valence-corrected chi connectivity index (χ4v) is 1.35. The van der Waals surface area contributed by atoms with Crippen LogP contribution in [0.25, 0.3) is 0 Å². The van der Waals surface area contributed by atoms with Gasteiger partial charge in [-0.15, -0.1) is 0 Å². The number of anilines is 2. The summed E-state index contributed by atoms with van der Waals surface area (Å²) in [5.41, 5.74) is 0.428. The molecule has 6 nitrogen and oxygen atoms in total. The van der Waals surface area contributed by atoms with Gasteiger partial charge in [0.05, 0.1) is 11.4 Å². The molecule has 0 unspecified atom stereocenters. The Bertz CT molecular complexity index is 448. The van der Waals surface area contributed by atoms with Gasteiger partial charge in [0.15, 0.2) is 0 Å². The number of thiol groups is 1. The van der Waals surface area contributed by atoms with Gasteiger partial charge in [-0.1, -0.05) is 0 Å². The number of aromatic hydroxyl groups is 1. The van der Waals surface area contributed by atoms with Crippen molar-refractivity contribution in [2.45, 2.75) is 6.92 Å². The summed E-state index contributed by atoms with van der Waals surface area (Å²) in [4.78, 5) is 10.7. The molecule has 0 aliphatic carbocycles. The summed E-state index contributed by atoms with van der Waals surface area (Å²) in [7, 11) is -2.76. The van der Waals surface area contributed by atoms with Crippen molar-refractivity contribution in [3.8, 4) is 5.75 Å². The van der Waals surface area contributed by atoms with E-state index in [0.717, 1.165) is 0 Å². The second-order valence-electron chi connectivity index (χ2n) is 2.78. The molecule has 0 atom stereocenters. The maximum atomic E-state index is 10.7. The molecule has 15 heavy (non-hydrogen) atoms. The molecule has 0 saturated carbocycles. The van der Waals surface area contributed by atoms with E-state index >= 15 is 0 Å². The molecule has 0 aliphatic rings. The quantitative estimate of drug-likeness (QED) is 0.341. The van der Waals surface area contributed by atoms with Gasteiger partial charge in [0.2, 0.25) is 16.8 Å². The number of nitrogens with one attached hydrogen (secondary N) is 2. The third-order valence-corrected chi connectivity index (χ3v) is 1.97. The molecule has 7 heteroatoms. The molecule has 1 aromatic carbocycles. The monoisotopic (exact) mass is 230 g/mol. The van der Waals surface area contributed by atoms with E-state index in [1.54, 1.807) is 0 Å². The molecular formula is C8H10N2O4S. The first-order chi connectivity index (χ1) is 6.99. The van der Waals surface area contributed by atoms with Crippen LogP contribution in [0, 0.1) is 0 Å². The molecule has 0 aliphatic heterocycles. The normalized spacial score (nSPS) is 10.0. The smallest absolute Gasteiger partial charge is 0.222 e. The van der Waals surface area contributed by atoms with Crippen molar-refractivity contribution >= 4 is 28.2 Å². The molecule has 1 aromatic rings. The molecule has 0 heterocycles. The molecule has 0 saturated heterocycles. The SMILES string of the molecule is CC(=O)Nc1cc(N[SH](=O)=O)ccc1O. The van der Waals surface area contributed by atoms with Crippen LogP contribution in [0.15, 0.2) is 18.2 Å². The lowest BCUT2D eigenvalue weighted by molar-refractivity contribution is -0.114. The summed E-state index contributed by atoms with van der Waals surface area (Å²) in [6.07, 6.45) is 0. The lowest BCUT2D eigenvalue weighted by Crippen LogP contribution is -2.06. The van der Waals surface area contributed by atoms with Crippen LogP contribution in [-0.4, -0.2) is 19.4 Å². The highest BCUT2D eigenvalue weighted by molar-refractivity contribution is 7.73. The molecule has 1 amide bonds. The highest BCUT2D eigenvalue weighted by Crippen LogP contribution is 2.26. The third-order valence-electron chi connectivity index (χ3n) is 1.53. The fraction of sp³-hybridized carbons (Fsp3) is 0.125. The van der Waals surface area contributed by atoms with Gasteiger partial charge in [0.25, 0.3) is 0 Å². The molecule has 0 spiro atoms. The number of carbonyl (C=O) groups is 1. The van der Waals surface area contributed by atoms with E-state index in [0.29, 0.717) is 0 Å². The van der Waals surface area contributed by atoms with Crippen molar-refractivity contribution < 1.29 is 18.3 Å². The van der Waals surface area contributed by atoms with E-state index in [4.69, 9.17) is 0 Å². The van der Waals surface area contributed by atoms with Gasteiger partial charge in [0.1, 0.15) is 5.75 Å². The van der Waals surface area contributed by atoms with E-state index in [-0.39, 0.29) is 23.0 Å². The van der Waals surface area contributed by atoms with Crippen LogP contribution in [0.2, 0.25) is 0 Å². The van der Waals surface area contributed by atoms with Gasteiger partial charge >= 0.3 is 0 Å². The molecule has 0 aromatic heterocycles. The standard InChI is InChI=1S/C8H10N2O4S/c1-5(11)9-7-4-6(10-15(13)14)2-3-8(7)12/h2-4,12,15H,1H3,(H,9,11)(H,10,13,14). The van der Waals surface area contributed by atoms with Gasteiger partial charge in [-0.25, -0.2) is 8.42 Å². The summed E-state index contributed by atoms with van der Waals surface area (Å²) >= 11 is 0. The zero-order valence-electron chi connectivity index (χ0n) is 7.85. The Labute approximate surface area is 88.0 Å². The number of phenolic OH excluding ortho intramolecular Hbond substituents is 1. The number of rotatable bonds is 3. The molecule has 0 radical (unpaired) electrons. The summed E-state index contributed by atoms with van der Waals surface area (Å²) in [6, 6.07) is 3.99. The van der Waals surface area contributed by atoms with Gasteiger partial charge in [-0.2, -0.15) is 0 Å². The third kappa shape index (κ3) is 3.47. The topological polar surface area (TPSA) is 95.5 Å². The highest BCUT2D eigenvalue weighted by Gasteiger charge is 2.04. The zero-order valence-corrected chi connectivity index (χ0v) is 8.75. The van der Waals surface area contributed by atoms with E-state index in [9.17, 15) is 18.3 Å². The van der Waals surface area contributed by atoms with Crippen LogP contribution in [-0.2, 0) is 15.7 Å². The van der Waals surface area contributed by atoms with Crippen molar-refractivity contribution in [1.29, 1.82) is 0 Å². The zero-order chi connectivity index (χ0) is 11.4. The number of benzene rings is 1. The van der Waals surface area contributed by atoms with E-state index in [1.807, 2.05) is 0 Å². The van der Waals surface area contributed by atoms with Crippen molar-refractivity contribution in [2.75, 3.05) is 10.0 Å². The van der Waals surface area contributed by atoms with Crippen molar-refractivity contribution in [3.63, 3.8) is 0 Å². The second kappa shape index (κ2) is 4.65. The summed E-state index contributed by atoms with van der Waals surface area (Å²) in [6.45, 7) is 1.29. The van der Waals surface area contributed by atoms with Gasteiger partial charge in [-0.05, 0) is 18.2 Å². The number of hydrogen-bond acceptors (Lipinski definition) is 4. The molecular weight excluding hydrogens is 220 g/mol. The Hall–Kier alpha value is -1.76. The number of phenols is 1. The average molecular weight is 230 g/mol. The number of amides is 1. The Morgan fingerprint density at radius 2 is 2.07 bits per heavy atom. The summed E-state index contributed by atoms with van der Waals surface area (Å²) in [5, 5.41) is 11.7. The Kier molecular flexibility index (Phi) is 3.51. The first-order valence-electron chi connectivity index (χ1n) is 4.00. The van der Waals surface area contributed by atoms with Crippen LogP contribution >= 0.6 is 0 Å². The van der Waals surface area contributed by atoms with Crippen molar-refractivity contribution in [3.05, 3.63) is 18.2 Å². The molecule has 82 valence electrons. The number of hydrogen-bond donors (Lipinski definition) is 4. The Morgan fingerprint density at radius 1 is 1.40 bits per heavy atom. The maximum Gasteiger partial charge on any atom is 0.222 e. The second-order valence-corrected chi connectivity index (χ2v) is 3.52. The first-order valence-corrected chi connectivity index (χ1v) is 5.18. The Balaban J connectivity index is 2.99. The van der Waals surface area contributed by atoms with Crippen LogP contribution in [0.5, 0.6) is 5.75 Å². The van der Waals surface area contributed by atoms with Crippen LogP contribution < -0.4 is 10.0 Å². The molecule has 3 N–H and O–H groups in total. The summed E-state index contributed by atoms with van der Waals surface area (Å²) in [5.74, 6) is -0.481. The molecule has 0 bridgehead atoms. The minimum atomic E-state index is -2.76. The van der Waals surface area contributed by atoms with Crippen LogP contribution in [0.4, 0.5) is 11.4 Å². The first kappa shape index (κ1) is 11.3. The van der Waals surface area contributed by atoms with Crippen molar-refractivity contribution in [1.82, 2.24) is 0 Å². The maximum absolute atomic E-state index is 10.7. The van der Waals surface area contributed by atoms with Gasteiger partial charge in [0, 0.05) is 6.92 Å². The lowest BCUT2D eigenvalue weighted by atomic mass is 10.2. The molecule has 1 rings (SSSR count). The van der Waals surface area contributed by atoms with E-state index in [2.05, 4.69) is 10.0 Å². The fourth-order valence-electron chi connectivity index (χ4n) is 1.00. The van der Waals surface area contributed by atoms with Crippen LogP contribution in [0.1, 0.15) is 6.92 Å². The van der Waals surface area contributed by atoms with Gasteiger partial charge in [-0.3, -0.25) is 9.52 Å². The average Bonchev–Trinajstić information content (AvgIpc) is 2.09. The molecule has 0 fully saturated rings. The largest absolute Gasteiger partial charge is 0.506 e. The van der Waals surface area contributed by atoms with E-state index < -0.39 is 10.9 Å². The van der Waals surface area contributed by atoms with Crippen LogP contribution in [0.3, 0.4) is 0 Å². The number of carbonyl (C=O) groups excluding carboxylic acids is 1. The Morgan fingerprint density at radius 3 is 2.60 bits per heavy atom. The highest BCUT2D eigenvalue weighted by atomic mass is 32.2. The predicted octanol–water partition coefficient (Wildman–Crippen LogP) is 0.289. The predicted molar refractivity (Wildman–Crippen MR) is 56.3 cm³/mol. The summed E-state index contributed by atoms with van der Waals surface area (Å²) < 4.78 is 22.9. The minimum Gasteiger partial charge on any atom is -0.506 e.